The molecule has 0 fully saturated rings. The minimum atomic E-state index is -3.84. The van der Waals surface area contributed by atoms with Crippen molar-refractivity contribution >= 4 is 20.8 Å². The van der Waals surface area contributed by atoms with Crippen LogP contribution >= 0.6 is 0 Å². The summed E-state index contributed by atoms with van der Waals surface area (Å²) in [5.74, 6) is 1.68. The lowest BCUT2D eigenvalue weighted by Gasteiger charge is -2.12. The van der Waals surface area contributed by atoms with Crippen LogP contribution in [-0.4, -0.2) is 12.4 Å². The minimum absolute atomic E-state index is 0.0712. The highest BCUT2D eigenvalue weighted by Gasteiger charge is 2.24. The van der Waals surface area contributed by atoms with Gasteiger partial charge in [-0.15, -0.1) is 0 Å². The Kier molecular flexibility index (Phi) is 5.43. The predicted octanol–water partition coefficient (Wildman–Crippen LogP) is 5.56. The number of hydrogen-bond donors (Lipinski definition) is 0. The molecular formula is C24H25NO4S. The Hall–Kier alpha value is -2.99. The van der Waals surface area contributed by atoms with E-state index in [0.29, 0.717) is 17.4 Å². The number of nitrogens with zero attached hydrogens (tertiary/aromatic N) is 1. The molecular weight excluding hydrogens is 398 g/mol. The Labute approximate surface area is 177 Å². The average Bonchev–Trinajstić information content (AvgIpc) is 3.33. The van der Waals surface area contributed by atoms with E-state index in [-0.39, 0.29) is 11.7 Å². The number of rotatable bonds is 7. The molecule has 30 heavy (non-hydrogen) atoms. The Morgan fingerprint density at radius 2 is 1.80 bits per heavy atom. The van der Waals surface area contributed by atoms with Crippen LogP contribution in [0.2, 0.25) is 0 Å². The Morgan fingerprint density at radius 3 is 2.53 bits per heavy atom. The molecule has 0 amide bonds. The molecule has 2 aromatic carbocycles. The number of fused-ring (bicyclic) bond motifs is 1. The summed E-state index contributed by atoms with van der Waals surface area (Å²) in [7, 11) is -3.84. The third-order valence-electron chi connectivity index (χ3n) is 4.92. The maximum Gasteiger partial charge on any atom is 0.301 e. The van der Waals surface area contributed by atoms with Crippen LogP contribution in [0, 0.1) is 12.8 Å². The summed E-state index contributed by atoms with van der Waals surface area (Å²) >= 11 is 0. The molecule has 0 unspecified atom stereocenters. The van der Waals surface area contributed by atoms with E-state index < -0.39 is 10.0 Å². The Morgan fingerprint density at radius 1 is 1.03 bits per heavy atom. The highest BCUT2D eigenvalue weighted by Crippen LogP contribution is 2.27. The van der Waals surface area contributed by atoms with Gasteiger partial charge in [0.25, 0.3) is 0 Å². The van der Waals surface area contributed by atoms with Gasteiger partial charge in [0.15, 0.2) is 0 Å². The van der Waals surface area contributed by atoms with E-state index in [1.54, 1.807) is 19.2 Å². The first kappa shape index (κ1) is 20.3. The van der Waals surface area contributed by atoms with Gasteiger partial charge in [0.1, 0.15) is 18.1 Å². The highest BCUT2D eigenvalue weighted by molar-refractivity contribution is 7.89. The zero-order chi connectivity index (χ0) is 21.3. The van der Waals surface area contributed by atoms with Crippen LogP contribution in [0.1, 0.15) is 30.9 Å². The molecule has 0 spiro atoms. The molecule has 0 bridgehead atoms. The van der Waals surface area contributed by atoms with Gasteiger partial charge in [0, 0.05) is 11.6 Å². The zero-order valence-electron chi connectivity index (χ0n) is 17.3. The van der Waals surface area contributed by atoms with Crippen LogP contribution in [0.4, 0.5) is 0 Å². The third kappa shape index (κ3) is 4.00. The monoisotopic (exact) mass is 423 g/mol. The van der Waals surface area contributed by atoms with Crippen molar-refractivity contribution in [1.29, 1.82) is 0 Å². The number of hydrogen-bond acceptors (Lipinski definition) is 4. The topological polar surface area (TPSA) is 61.4 Å². The van der Waals surface area contributed by atoms with Gasteiger partial charge in [0.05, 0.1) is 5.69 Å². The standard InChI is InChI=1S/C24H25NO4S/c1-17(2)13-19-14-21(25(15-19)30(26,27)24-12-11-18(3)29-24)16-28-23-10-6-8-20-7-4-5-9-22(20)23/h4-12,14-15,17H,13,16H2,1-3H3. The minimum Gasteiger partial charge on any atom is -0.487 e. The van der Waals surface area contributed by atoms with Gasteiger partial charge in [-0.2, -0.15) is 8.42 Å². The largest absolute Gasteiger partial charge is 0.487 e. The van der Waals surface area contributed by atoms with Crippen LogP contribution in [0.5, 0.6) is 5.75 Å². The van der Waals surface area contributed by atoms with Crippen molar-refractivity contribution in [2.24, 2.45) is 5.92 Å². The summed E-state index contributed by atoms with van der Waals surface area (Å²) in [6, 6.07) is 18.9. The molecule has 0 saturated heterocycles. The number of aromatic nitrogens is 1. The van der Waals surface area contributed by atoms with Gasteiger partial charge >= 0.3 is 10.0 Å². The van der Waals surface area contributed by atoms with Gasteiger partial charge in [-0.25, -0.2) is 3.97 Å². The van der Waals surface area contributed by atoms with Crippen LogP contribution in [0.3, 0.4) is 0 Å². The molecule has 2 aromatic heterocycles. The van der Waals surface area contributed by atoms with Crippen LogP contribution in [0.15, 0.2) is 76.4 Å². The van der Waals surface area contributed by atoms with Gasteiger partial charge in [0.2, 0.25) is 5.09 Å². The average molecular weight is 424 g/mol. The lowest BCUT2D eigenvalue weighted by atomic mass is 10.1. The maximum atomic E-state index is 13.2. The second-order valence-electron chi connectivity index (χ2n) is 7.87. The summed E-state index contributed by atoms with van der Waals surface area (Å²) in [4.78, 5) is 0. The van der Waals surface area contributed by atoms with Crippen LogP contribution < -0.4 is 4.74 Å². The van der Waals surface area contributed by atoms with Gasteiger partial charge in [-0.1, -0.05) is 50.2 Å². The van der Waals surface area contributed by atoms with E-state index >= 15 is 0 Å². The summed E-state index contributed by atoms with van der Waals surface area (Å²) in [5.41, 5.74) is 1.51. The van der Waals surface area contributed by atoms with E-state index in [4.69, 9.17) is 9.15 Å². The molecule has 0 N–H and O–H groups in total. The van der Waals surface area contributed by atoms with E-state index in [9.17, 15) is 8.42 Å². The summed E-state index contributed by atoms with van der Waals surface area (Å²) in [5, 5.41) is 1.99. The lowest BCUT2D eigenvalue weighted by Crippen LogP contribution is -2.15. The summed E-state index contributed by atoms with van der Waals surface area (Å²) in [6.45, 7) is 6.07. The SMILES string of the molecule is Cc1ccc(S(=O)(=O)n2cc(CC(C)C)cc2COc2cccc3ccccc23)o1. The first-order valence-electron chi connectivity index (χ1n) is 9.97. The van der Waals surface area contributed by atoms with Crippen molar-refractivity contribution in [3.05, 3.63) is 83.9 Å². The van der Waals surface area contributed by atoms with Gasteiger partial charge < -0.3 is 9.15 Å². The molecule has 156 valence electrons. The maximum absolute atomic E-state index is 13.2. The van der Waals surface area contributed by atoms with Crippen molar-refractivity contribution in [1.82, 2.24) is 3.97 Å². The van der Waals surface area contributed by atoms with Crippen molar-refractivity contribution in [2.75, 3.05) is 0 Å². The highest BCUT2D eigenvalue weighted by atomic mass is 32.2. The van der Waals surface area contributed by atoms with E-state index in [2.05, 4.69) is 13.8 Å². The van der Waals surface area contributed by atoms with E-state index in [1.807, 2.05) is 48.5 Å². The molecule has 6 heteroatoms. The first-order valence-corrected chi connectivity index (χ1v) is 11.4. The molecule has 0 aliphatic rings. The van der Waals surface area contributed by atoms with E-state index in [0.717, 1.165) is 28.5 Å². The Balaban J connectivity index is 1.70. The fourth-order valence-corrected chi connectivity index (χ4v) is 4.94. The number of furan rings is 1. The van der Waals surface area contributed by atoms with Gasteiger partial charge in [-0.05, 0) is 54.5 Å². The fourth-order valence-electron chi connectivity index (χ4n) is 3.58. The second-order valence-corrected chi connectivity index (χ2v) is 9.62. The van der Waals surface area contributed by atoms with Gasteiger partial charge in [-0.3, -0.25) is 0 Å². The molecule has 4 aromatic rings. The quantitative estimate of drug-likeness (QED) is 0.391. The molecule has 5 nitrogen and oxygen atoms in total. The molecule has 0 saturated carbocycles. The van der Waals surface area contributed by atoms with Crippen molar-refractivity contribution in [3.63, 3.8) is 0 Å². The third-order valence-corrected chi connectivity index (χ3v) is 6.50. The summed E-state index contributed by atoms with van der Waals surface area (Å²) in [6.07, 6.45) is 2.45. The lowest BCUT2D eigenvalue weighted by molar-refractivity contribution is 0.303. The Bertz CT molecular complexity index is 1280. The molecule has 0 aliphatic carbocycles. The molecule has 4 rings (SSSR count). The number of benzene rings is 2. The molecule has 2 heterocycles. The van der Waals surface area contributed by atoms with Crippen LogP contribution in [0.25, 0.3) is 10.8 Å². The van der Waals surface area contributed by atoms with Crippen molar-refractivity contribution in [3.8, 4) is 5.75 Å². The number of ether oxygens (including phenoxy) is 1. The zero-order valence-corrected chi connectivity index (χ0v) is 18.1. The molecule has 0 atom stereocenters. The molecule has 0 radical (unpaired) electrons. The van der Waals surface area contributed by atoms with Crippen LogP contribution in [-0.2, 0) is 23.1 Å². The van der Waals surface area contributed by atoms with E-state index in [1.165, 1.54) is 10.0 Å². The molecule has 0 aliphatic heterocycles. The van der Waals surface area contributed by atoms with Crippen molar-refractivity contribution < 1.29 is 17.6 Å². The first-order chi connectivity index (χ1) is 14.3. The van der Waals surface area contributed by atoms with Crippen molar-refractivity contribution in [2.45, 2.75) is 38.9 Å². The smallest absolute Gasteiger partial charge is 0.301 e. The normalized spacial score (nSPS) is 12.0. The second kappa shape index (κ2) is 8.03. The summed E-state index contributed by atoms with van der Waals surface area (Å²) < 4.78 is 39.2. The fraction of sp³-hybridized carbons (Fsp3) is 0.250. The number of aryl methyl sites for hydroxylation is 1. The predicted molar refractivity (Wildman–Crippen MR) is 117 cm³/mol.